The van der Waals surface area contributed by atoms with Gasteiger partial charge in [-0.3, -0.25) is 4.79 Å². The Morgan fingerprint density at radius 3 is 3.04 bits per heavy atom. The minimum absolute atomic E-state index is 0.150. The number of ether oxygens (including phenoxy) is 2. The van der Waals surface area contributed by atoms with Crippen molar-refractivity contribution >= 4 is 17.5 Å². The minimum Gasteiger partial charge on any atom is -0.497 e. The van der Waals surface area contributed by atoms with E-state index in [1.54, 1.807) is 0 Å². The normalized spacial score (nSPS) is 12.5. The minimum atomic E-state index is -0.764. The first-order valence-electron chi connectivity index (χ1n) is 7.15. The van der Waals surface area contributed by atoms with Gasteiger partial charge in [0, 0.05) is 24.6 Å². The highest BCUT2D eigenvalue weighted by Crippen LogP contribution is 2.29. The van der Waals surface area contributed by atoms with Crippen LogP contribution in [0.2, 0.25) is 5.02 Å². The van der Waals surface area contributed by atoms with Crippen LogP contribution in [0.5, 0.6) is 11.5 Å². The van der Waals surface area contributed by atoms with Crippen LogP contribution in [0.4, 0.5) is 4.39 Å². The summed E-state index contributed by atoms with van der Waals surface area (Å²) in [7, 11) is 1.43. The second-order valence-corrected chi connectivity index (χ2v) is 5.56. The molecule has 0 fully saturated rings. The lowest BCUT2D eigenvalue weighted by Crippen LogP contribution is -2.24. The summed E-state index contributed by atoms with van der Waals surface area (Å²) >= 11 is 5.78. The maximum absolute atomic E-state index is 14.0. The number of amides is 1. The molecule has 1 aliphatic rings. The van der Waals surface area contributed by atoms with Crippen molar-refractivity contribution in [3.8, 4) is 11.5 Å². The van der Waals surface area contributed by atoms with Crippen LogP contribution in [0.15, 0.2) is 30.3 Å². The summed E-state index contributed by atoms with van der Waals surface area (Å²) in [5.41, 5.74) is 1.83. The van der Waals surface area contributed by atoms with E-state index in [-0.39, 0.29) is 17.1 Å². The molecular formula is C17H15ClFNO3. The fourth-order valence-corrected chi connectivity index (χ4v) is 2.75. The van der Waals surface area contributed by atoms with Gasteiger partial charge >= 0.3 is 0 Å². The number of carbonyl (C=O) groups is 1. The zero-order valence-electron chi connectivity index (χ0n) is 12.5. The Kier molecular flexibility index (Phi) is 4.39. The first-order valence-corrected chi connectivity index (χ1v) is 7.52. The quantitative estimate of drug-likeness (QED) is 0.932. The Morgan fingerprint density at radius 1 is 1.43 bits per heavy atom. The third-order valence-electron chi connectivity index (χ3n) is 3.72. The Hall–Kier alpha value is -2.27. The fraction of sp³-hybridized carbons (Fsp3) is 0.235. The molecule has 1 amide bonds. The third-order valence-corrected chi connectivity index (χ3v) is 3.99. The van der Waals surface area contributed by atoms with Crippen LogP contribution in [0.3, 0.4) is 0 Å². The summed E-state index contributed by atoms with van der Waals surface area (Å²) in [6.07, 6.45) is 0.858. The van der Waals surface area contributed by atoms with E-state index < -0.39 is 11.7 Å². The van der Waals surface area contributed by atoms with Crippen molar-refractivity contribution < 1.29 is 18.7 Å². The molecule has 23 heavy (non-hydrogen) atoms. The summed E-state index contributed by atoms with van der Waals surface area (Å²) < 4.78 is 24.6. The van der Waals surface area contributed by atoms with E-state index in [1.165, 1.54) is 19.2 Å². The molecule has 4 nitrogen and oxygen atoms in total. The SMILES string of the molecule is COc1cc(Cl)c(F)c(C(=O)NCc2cccc3c2OCC3)c1. The molecule has 0 radical (unpaired) electrons. The molecule has 1 heterocycles. The molecule has 120 valence electrons. The smallest absolute Gasteiger partial charge is 0.254 e. The molecule has 0 bridgehead atoms. The van der Waals surface area contributed by atoms with Gasteiger partial charge in [0.2, 0.25) is 0 Å². The van der Waals surface area contributed by atoms with Crippen molar-refractivity contribution in [2.75, 3.05) is 13.7 Å². The molecule has 0 atom stereocenters. The van der Waals surface area contributed by atoms with E-state index in [0.29, 0.717) is 12.4 Å². The van der Waals surface area contributed by atoms with Gasteiger partial charge in [-0.05, 0) is 11.6 Å². The number of carbonyl (C=O) groups excluding carboxylic acids is 1. The zero-order valence-corrected chi connectivity index (χ0v) is 13.2. The van der Waals surface area contributed by atoms with Crippen LogP contribution in [0.1, 0.15) is 21.5 Å². The van der Waals surface area contributed by atoms with Crippen molar-refractivity contribution in [1.29, 1.82) is 0 Å². The van der Waals surface area contributed by atoms with Gasteiger partial charge in [0.1, 0.15) is 11.5 Å². The summed E-state index contributed by atoms with van der Waals surface area (Å²) in [4.78, 5) is 12.3. The largest absolute Gasteiger partial charge is 0.497 e. The predicted octanol–water partition coefficient (Wildman–Crippen LogP) is 3.35. The van der Waals surface area contributed by atoms with Gasteiger partial charge < -0.3 is 14.8 Å². The highest BCUT2D eigenvalue weighted by atomic mass is 35.5. The fourth-order valence-electron chi connectivity index (χ4n) is 2.54. The number of fused-ring (bicyclic) bond motifs is 1. The second-order valence-electron chi connectivity index (χ2n) is 5.16. The van der Waals surface area contributed by atoms with Crippen molar-refractivity contribution in [1.82, 2.24) is 5.32 Å². The molecule has 2 aromatic carbocycles. The van der Waals surface area contributed by atoms with Crippen LogP contribution in [0.25, 0.3) is 0 Å². The number of methoxy groups -OCH3 is 1. The number of para-hydroxylation sites is 1. The summed E-state index contributed by atoms with van der Waals surface area (Å²) in [6, 6.07) is 8.43. The molecule has 1 aliphatic heterocycles. The van der Waals surface area contributed by atoms with Gasteiger partial charge in [-0.15, -0.1) is 0 Å². The Labute approximate surface area is 138 Å². The zero-order chi connectivity index (χ0) is 16.4. The molecule has 3 rings (SSSR count). The average Bonchev–Trinajstić information content (AvgIpc) is 3.04. The molecule has 6 heteroatoms. The molecule has 0 spiro atoms. The van der Waals surface area contributed by atoms with Gasteiger partial charge in [0.25, 0.3) is 5.91 Å². The van der Waals surface area contributed by atoms with Crippen LogP contribution in [-0.2, 0) is 13.0 Å². The molecule has 0 unspecified atom stereocenters. The predicted molar refractivity (Wildman–Crippen MR) is 84.8 cm³/mol. The van der Waals surface area contributed by atoms with Gasteiger partial charge in [0.15, 0.2) is 5.82 Å². The monoisotopic (exact) mass is 335 g/mol. The number of nitrogens with one attached hydrogen (secondary N) is 1. The Balaban J connectivity index is 1.78. The van der Waals surface area contributed by atoms with E-state index in [9.17, 15) is 9.18 Å². The maximum Gasteiger partial charge on any atom is 0.254 e. The third kappa shape index (κ3) is 3.10. The number of hydrogen-bond acceptors (Lipinski definition) is 3. The first-order chi connectivity index (χ1) is 11.1. The molecule has 0 saturated carbocycles. The van der Waals surface area contributed by atoms with Crippen LogP contribution < -0.4 is 14.8 Å². The van der Waals surface area contributed by atoms with Gasteiger partial charge in [0.05, 0.1) is 24.3 Å². The van der Waals surface area contributed by atoms with Crippen molar-refractivity contribution in [2.24, 2.45) is 0 Å². The van der Waals surface area contributed by atoms with Gasteiger partial charge in [-0.25, -0.2) is 4.39 Å². The lowest BCUT2D eigenvalue weighted by molar-refractivity contribution is 0.0946. The molecule has 2 aromatic rings. The number of halogens is 2. The van der Waals surface area contributed by atoms with Crippen LogP contribution in [-0.4, -0.2) is 19.6 Å². The number of benzene rings is 2. The van der Waals surface area contributed by atoms with Crippen molar-refractivity contribution in [3.05, 3.63) is 57.9 Å². The van der Waals surface area contributed by atoms with E-state index in [4.69, 9.17) is 21.1 Å². The Bertz CT molecular complexity index is 764. The van der Waals surface area contributed by atoms with E-state index in [2.05, 4.69) is 5.32 Å². The van der Waals surface area contributed by atoms with Gasteiger partial charge in [-0.2, -0.15) is 0 Å². The topological polar surface area (TPSA) is 47.6 Å². The number of rotatable bonds is 4. The highest BCUT2D eigenvalue weighted by molar-refractivity contribution is 6.31. The van der Waals surface area contributed by atoms with Crippen LogP contribution in [0, 0.1) is 5.82 Å². The van der Waals surface area contributed by atoms with E-state index >= 15 is 0 Å². The Morgan fingerprint density at radius 2 is 2.26 bits per heavy atom. The number of hydrogen-bond donors (Lipinski definition) is 1. The summed E-state index contributed by atoms with van der Waals surface area (Å²) in [6.45, 7) is 0.886. The van der Waals surface area contributed by atoms with Crippen molar-refractivity contribution in [2.45, 2.75) is 13.0 Å². The molecule has 0 aromatic heterocycles. The second kappa shape index (κ2) is 6.46. The maximum atomic E-state index is 14.0. The summed E-state index contributed by atoms with van der Waals surface area (Å²) in [5, 5.41) is 2.54. The van der Waals surface area contributed by atoms with E-state index in [1.807, 2.05) is 18.2 Å². The lowest BCUT2D eigenvalue weighted by atomic mass is 10.1. The molecule has 1 N–H and O–H groups in total. The van der Waals surface area contributed by atoms with Gasteiger partial charge in [-0.1, -0.05) is 29.8 Å². The average molecular weight is 336 g/mol. The van der Waals surface area contributed by atoms with Crippen molar-refractivity contribution in [3.63, 3.8) is 0 Å². The molecule has 0 saturated heterocycles. The summed E-state index contributed by atoms with van der Waals surface area (Å²) in [5.74, 6) is -0.194. The first kappa shape index (κ1) is 15.6. The highest BCUT2D eigenvalue weighted by Gasteiger charge is 2.19. The standard InChI is InChI=1S/C17H15ClFNO3/c1-22-12-7-13(15(19)14(18)8-12)17(21)20-9-11-4-2-3-10-5-6-23-16(10)11/h2-4,7-8H,5-6,9H2,1H3,(H,20,21). The van der Waals surface area contributed by atoms with E-state index in [0.717, 1.165) is 23.3 Å². The molecule has 0 aliphatic carbocycles. The lowest BCUT2D eigenvalue weighted by Gasteiger charge is -2.11. The molecular weight excluding hydrogens is 321 g/mol. The van der Waals surface area contributed by atoms with Crippen LogP contribution >= 0.6 is 11.6 Å².